The molecular weight excluding hydrogens is 1300 g/mol. The molecule has 4 aliphatic heterocycles. The second kappa shape index (κ2) is 37.7. The van der Waals surface area contributed by atoms with Gasteiger partial charge in [-0.2, -0.15) is 0 Å². The number of amidine groups is 4. The minimum absolute atomic E-state index is 0.110. The maximum absolute atomic E-state index is 11.0. The van der Waals surface area contributed by atoms with Crippen molar-refractivity contribution in [3.8, 4) is 0 Å². The van der Waals surface area contributed by atoms with E-state index < -0.39 is 0 Å². The van der Waals surface area contributed by atoms with Crippen LogP contribution in [0.5, 0.6) is 0 Å². The van der Waals surface area contributed by atoms with E-state index in [0.717, 1.165) is 158 Å². The number of fused-ring (bicyclic) bond motifs is 3. The van der Waals surface area contributed by atoms with Crippen molar-refractivity contribution in [3.05, 3.63) is 189 Å². The molecule has 12 rings (SSSR count). The molecule has 5 aromatic rings. The Kier molecular flexibility index (Phi) is 28.7. The molecule has 0 amide bonds. The Hall–Kier alpha value is -8.94. The second-order valence-electron chi connectivity index (χ2n) is 30.4. The first-order valence-electron chi connectivity index (χ1n) is 38.8. The molecule has 558 valence electrons. The van der Waals surface area contributed by atoms with Crippen molar-refractivity contribution >= 4 is 74.5 Å². The summed E-state index contributed by atoms with van der Waals surface area (Å²) in [6.45, 7) is 31.2. The Morgan fingerprint density at radius 3 is 1.27 bits per heavy atom. The SMILES string of the molecule is C=C(C)CN1C(=Nc2ccc([N+](=O)[O-])cc2C)CCC2=C1CCCC2.CCC(CC)CN1C(=Nc2ccc([N+](=O)[O-])cc2C)CCC2CCCCC21.CCC(CC)CN1C(=Nc2ccc([N+](=O)[O-])cc2C)CCc2ccccc21.Cc1cc([N+](=O)[O-])ccc1N=C1CC[C@@H]2CCCC[C@H]2N1CC(C)C. The number of piperidine rings is 2. The average molecular weight is 1420 g/mol. The van der Waals surface area contributed by atoms with Gasteiger partial charge in [0.1, 0.15) is 23.3 Å². The van der Waals surface area contributed by atoms with Gasteiger partial charge >= 0.3 is 0 Å². The molecule has 4 atom stereocenters. The number of nitro benzene ring substituents is 4. The molecule has 0 bridgehead atoms. The van der Waals surface area contributed by atoms with Crippen LogP contribution in [0.15, 0.2) is 140 Å². The molecule has 4 fully saturated rings. The number of aryl methyl sites for hydroxylation is 5. The summed E-state index contributed by atoms with van der Waals surface area (Å²) in [5.74, 6) is 8.01. The molecule has 2 saturated heterocycles. The highest BCUT2D eigenvalue weighted by Gasteiger charge is 2.39. The fraction of sp³-hybridized carbons (Fsp3) is 0.548. The monoisotopic (exact) mass is 1420 g/mol. The lowest BCUT2D eigenvalue weighted by Gasteiger charge is -2.47. The predicted octanol–water partition coefficient (Wildman–Crippen LogP) is 22.5. The number of non-ortho nitro benzene ring substituents is 4. The normalized spacial score (nSPS) is 20.9. The molecule has 0 spiro atoms. The number of hydrogen-bond donors (Lipinski definition) is 0. The van der Waals surface area contributed by atoms with E-state index >= 15 is 0 Å². The summed E-state index contributed by atoms with van der Waals surface area (Å²) in [6.07, 6.45) is 28.5. The van der Waals surface area contributed by atoms with Crippen LogP contribution in [0.2, 0.25) is 0 Å². The van der Waals surface area contributed by atoms with E-state index in [-0.39, 0.29) is 42.4 Å². The van der Waals surface area contributed by atoms with Crippen LogP contribution in [-0.2, 0) is 6.42 Å². The van der Waals surface area contributed by atoms with Gasteiger partial charge in [0.15, 0.2) is 0 Å². The number of nitro groups is 4. The molecule has 2 saturated carbocycles. The van der Waals surface area contributed by atoms with Crippen molar-refractivity contribution < 1.29 is 19.7 Å². The third kappa shape index (κ3) is 20.7. The number of para-hydroxylation sites is 1. The Labute approximate surface area is 617 Å². The summed E-state index contributed by atoms with van der Waals surface area (Å²) >= 11 is 0. The second-order valence-corrected chi connectivity index (χ2v) is 30.4. The van der Waals surface area contributed by atoms with Crippen LogP contribution in [0.4, 0.5) is 51.2 Å². The first-order chi connectivity index (χ1) is 50.0. The smallest absolute Gasteiger partial charge is 0.269 e. The van der Waals surface area contributed by atoms with Gasteiger partial charge in [-0.05, 0) is 199 Å². The molecule has 20 heteroatoms. The lowest BCUT2D eigenvalue weighted by atomic mass is 9.77. The predicted molar refractivity (Wildman–Crippen MR) is 424 cm³/mol. The van der Waals surface area contributed by atoms with Crippen molar-refractivity contribution in [3.63, 3.8) is 0 Å². The first-order valence-corrected chi connectivity index (χ1v) is 38.8. The molecule has 104 heavy (non-hydrogen) atoms. The quantitative estimate of drug-likeness (QED) is 0.0402. The molecule has 3 aliphatic carbocycles. The lowest BCUT2D eigenvalue weighted by molar-refractivity contribution is -0.385. The summed E-state index contributed by atoms with van der Waals surface area (Å²) in [5.41, 5.74) is 14.0. The number of nitrogens with zero attached hydrogens (tertiary/aromatic N) is 12. The van der Waals surface area contributed by atoms with E-state index in [9.17, 15) is 40.5 Å². The van der Waals surface area contributed by atoms with E-state index in [4.69, 9.17) is 20.0 Å². The standard InChI is InChI=1S/C22H33N3O2.C22H27N3O2.C20H29N3O2.C20H25N3O2/c2*1-4-17(5-2)15-24-21-9-7-6-8-18(21)10-13-22(24)23-20-12-11-19(25(26)27)14-16(20)3;2*1-14(2)13-22-19-7-5-4-6-16(19)8-11-20(22)21-18-10-9-17(23(24)25)12-15(18)3/h11-12,14,17-18,21H,4-10,13,15H2,1-3H3;6-9,11-12,14,17H,4-5,10,13,15H2,1-3H3;9-10,12,14,16,19H,4-8,11,13H2,1-3H3;9-10,12H,1,4-8,11,13H2,2-3H3/t;;16-,19+;/m..0./s1. The first kappa shape index (κ1) is 79.2. The Bertz CT molecular complexity index is 4020. The van der Waals surface area contributed by atoms with Gasteiger partial charge in [0, 0.05) is 124 Å². The number of aliphatic imine (C=N–C) groups is 4. The third-order valence-corrected chi connectivity index (χ3v) is 22.5. The van der Waals surface area contributed by atoms with Gasteiger partial charge in [0.2, 0.25) is 0 Å². The third-order valence-electron chi connectivity index (χ3n) is 22.5. The maximum Gasteiger partial charge on any atom is 0.269 e. The largest absolute Gasteiger partial charge is 0.357 e. The van der Waals surface area contributed by atoms with Crippen molar-refractivity contribution in [2.45, 2.75) is 242 Å². The molecule has 20 nitrogen and oxygen atoms in total. The Balaban J connectivity index is 0.000000161. The molecule has 0 radical (unpaired) electrons. The van der Waals surface area contributed by atoms with Gasteiger partial charge in [-0.15, -0.1) is 0 Å². The van der Waals surface area contributed by atoms with E-state index in [0.29, 0.717) is 29.8 Å². The molecular formula is C84H114N12O8. The number of hydrogen-bond acceptors (Lipinski definition) is 12. The zero-order valence-electron chi connectivity index (χ0n) is 63.9. The summed E-state index contributed by atoms with van der Waals surface area (Å²) in [7, 11) is 0. The summed E-state index contributed by atoms with van der Waals surface area (Å²) in [6, 6.07) is 29.6. The summed E-state index contributed by atoms with van der Waals surface area (Å²) in [4.78, 5) is 72.2. The molecule has 0 aromatic heterocycles. The zero-order valence-corrected chi connectivity index (χ0v) is 63.9. The fourth-order valence-electron chi connectivity index (χ4n) is 16.5. The number of allylic oxidation sites excluding steroid dienone is 2. The molecule has 4 heterocycles. The molecule has 7 aliphatic rings. The fourth-order valence-corrected chi connectivity index (χ4v) is 16.5. The lowest BCUT2D eigenvalue weighted by Crippen LogP contribution is -2.51. The number of rotatable bonds is 20. The highest BCUT2D eigenvalue weighted by molar-refractivity contribution is 6.02. The van der Waals surface area contributed by atoms with Crippen LogP contribution in [0.25, 0.3) is 0 Å². The average Bonchev–Trinajstić information content (AvgIpc) is 0.806. The van der Waals surface area contributed by atoms with E-state index in [1.165, 1.54) is 137 Å². The topological polar surface area (TPSA) is 235 Å². The molecule has 5 aromatic carbocycles. The molecule has 0 N–H and O–H groups in total. The van der Waals surface area contributed by atoms with Crippen molar-refractivity contribution in [2.75, 3.05) is 31.1 Å². The Morgan fingerprint density at radius 1 is 0.452 bits per heavy atom. The number of anilines is 1. The van der Waals surface area contributed by atoms with Crippen LogP contribution >= 0.6 is 0 Å². The van der Waals surface area contributed by atoms with E-state index in [2.05, 4.69) is 92.0 Å². The van der Waals surface area contributed by atoms with Crippen LogP contribution in [0.1, 0.15) is 224 Å². The minimum atomic E-state index is -0.364. The minimum Gasteiger partial charge on any atom is -0.357 e. The van der Waals surface area contributed by atoms with Crippen LogP contribution in [0.3, 0.4) is 0 Å². The van der Waals surface area contributed by atoms with Crippen molar-refractivity contribution in [1.29, 1.82) is 0 Å². The molecule has 2 unspecified atom stereocenters. The van der Waals surface area contributed by atoms with Crippen LogP contribution in [-0.4, -0.2) is 96.0 Å². The maximum atomic E-state index is 11.0. The van der Waals surface area contributed by atoms with Gasteiger partial charge in [-0.25, -0.2) is 20.0 Å². The van der Waals surface area contributed by atoms with Gasteiger partial charge in [0.25, 0.3) is 22.7 Å². The highest BCUT2D eigenvalue weighted by Crippen LogP contribution is 2.42. The van der Waals surface area contributed by atoms with Crippen LogP contribution in [0, 0.1) is 97.7 Å². The van der Waals surface area contributed by atoms with Crippen molar-refractivity contribution in [2.24, 2.45) is 49.6 Å². The summed E-state index contributed by atoms with van der Waals surface area (Å²) in [5, 5.41) is 43.9. The van der Waals surface area contributed by atoms with Gasteiger partial charge in [0.05, 0.1) is 42.4 Å². The zero-order chi connectivity index (χ0) is 74.7. The number of likely N-dealkylation sites (tertiary alicyclic amines) is 2. The van der Waals surface area contributed by atoms with Gasteiger partial charge in [-0.3, -0.25) is 40.5 Å². The van der Waals surface area contributed by atoms with Crippen LogP contribution < -0.4 is 4.90 Å². The van der Waals surface area contributed by atoms with E-state index in [1.54, 1.807) is 60.2 Å². The summed E-state index contributed by atoms with van der Waals surface area (Å²) < 4.78 is 0. The van der Waals surface area contributed by atoms with Gasteiger partial charge < -0.3 is 19.6 Å². The van der Waals surface area contributed by atoms with Crippen molar-refractivity contribution in [1.82, 2.24) is 14.7 Å². The number of benzene rings is 5. The highest BCUT2D eigenvalue weighted by atomic mass is 16.6. The van der Waals surface area contributed by atoms with E-state index in [1.807, 2.05) is 40.7 Å². The van der Waals surface area contributed by atoms with Gasteiger partial charge in [-0.1, -0.05) is 129 Å². The Morgan fingerprint density at radius 2 is 0.846 bits per heavy atom.